The SMILES string of the molecule is O=C1NC(C(=O)O)C(C(=O)O)(C(=O)O)N(C(=O)O)C1=O. The predicted octanol–water partition coefficient (Wildman–Crippen LogP) is -3.02. The Labute approximate surface area is 108 Å². The monoisotopic (exact) mass is 290 g/mol. The first-order valence-corrected chi connectivity index (χ1v) is 4.66. The van der Waals surface area contributed by atoms with E-state index in [9.17, 15) is 28.8 Å². The number of nitrogens with one attached hydrogen (secondary N) is 1. The third kappa shape index (κ3) is 1.70. The van der Waals surface area contributed by atoms with E-state index in [-0.39, 0.29) is 0 Å². The zero-order valence-electron chi connectivity index (χ0n) is 9.26. The van der Waals surface area contributed by atoms with Gasteiger partial charge in [0.05, 0.1) is 0 Å². The molecule has 0 aromatic heterocycles. The van der Waals surface area contributed by atoms with Crippen molar-refractivity contribution < 1.29 is 49.2 Å². The first kappa shape index (κ1) is 14.9. The summed E-state index contributed by atoms with van der Waals surface area (Å²) in [6.45, 7) is 0. The Balaban J connectivity index is 3.71. The highest BCUT2D eigenvalue weighted by atomic mass is 16.4. The van der Waals surface area contributed by atoms with Crippen LogP contribution in [0.1, 0.15) is 0 Å². The minimum atomic E-state index is -3.71. The summed E-state index contributed by atoms with van der Waals surface area (Å²) in [6, 6.07) is -2.68. The highest BCUT2D eigenvalue weighted by molar-refractivity contribution is 6.41. The lowest BCUT2D eigenvalue weighted by Crippen LogP contribution is -2.80. The summed E-state index contributed by atoms with van der Waals surface area (Å²) in [4.78, 5) is 65.8. The number of hydrogen-bond donors (Lipinski definition) is 5. The minimum absolute atomic E-state index is 0.824. The molecule has 1 saturated heterocycles. The Hall–Kier alpha value is -3.18. The standard InChI is InChI=1S/C8H6N2O10/c11-2-3(12)10(7(19)20)8(5(15)16,6(17)18)1(9-2)4(13)14/h1H,(H,9,11)(H,13,14)(H,15,16)(H,17,18)(H,19,20). The number of carbonyl (C=O) groups excluding carboxylic acids is 2. The predicted molar refractivity (Wildman–Crippen MR) is 52.4 cm³/mol. The molecule has 1 unspecified atom stereocenters. The van der Waals surface area contributed by atoms with E-state index in [2.05, 4.69) is 0 Å². The summed E-state index contributed by atoms with van der Waals surface area (Å²) >= 11 is 0. The number of amides is 3. The van der Waals surface area contributed by atoms with Gasteiger partial charge in [-0.1, -0.05) is 0 Å². The van der Waals surface area contributed by atoms with Crippen LogP contribution in [-0.4, -0.2) is 72.7 Å². The number of carboxylic acids is 3. The van der Waals surface area contributed by atoms with Crippen LogP contribution in [0.2, 0.25) is 0 Å². The van der Waals surface area contributed by atoms with Gasteiger partial charge in [0.25, 0.3) is 5.54 Å². The van der Waals surface area contributed by atoms with Crippen molar-refractivity contribution in [2.75, 3.05) is 0 Å². The molecule has 0 radical (unpaired) electrons. The number of rotatable bonds is 3. The lowest BCUT2D eigenvalue weighted by molar-refractivity contribution is -0.182. The maximum Gasteiger partial charge on any atom is 0.416 e. The van der Waals surface area contributed by atoms with Gasteiger partial charge in [0, 0.05) is 0 Å². The van der Waals surface area contributed by atoms with Crippen molar-refractivity contribution in [3.63, 3.8) is 0 Å². The van der Waals surface area contributed by atoms with Crippen LogP contribution in [0.25, 0.3) is 0 Å². The summed E-state index contributed by atoms with van der Waals surface area (Å²) < 4.78 is 0. The molecular weight excluding hydrogens is 284 g/mol. The largest absolute Gasteiger partial charge is 0.480 e. The van der Waals surface area contributed by atoms with Gasteiger partial charge in [-0.05, 0) is 0 Å². The van der Waals surface area contributed by atoms with Crippen LogP contribution in [0.4, 0.5) is 4.79 Å². The molecule has 1 fully saturated rings. The number of nitrogens with zero attached hydrogens (tertiary/aromatic N) is 1. The fourth-order valence-corrected chi connectivity index (χ4v) is 1.70. The van der Waals surface area contributed by atoms with Crippen LogP contribution < -0.4 is 5.32 Å². The molecule has 0 saturated carbocycles. The Bertz CT molecular complexity index is 537. The van der Waals surface area contributed by atoms with Crippen molar-refractivity contribution in [3.05, 3.63) is 0 Å². The van der Waals surface area contributed by atoms with Crippen molar-refractivity contribution >= 4 is 35.8 Å². The van der Waals surface area contributed by atoms with Gasteiger partial charge in [0.1, 0.15) is 0 Å². The Morgan fingerprint density at radius 3 is 1.75 bits per heavy atom. The minimum Gasteiger partial charge on any atom is -0.480 e. The number of aliphatic carboxylic acids is 3. The van der Waals surface area contributed by atoms with Gasteiger partial charge < -0.3 is 25.7 Å². The number of imide groups is 1. The number of hydrogen-bond acceptors (Lipinski definition) is 6. The molecule has 1 rings (SSSR count). The third-order valence-corrected chi connectivity index (χ3v) is 2.53. The molecule has 1 heterocycles. The van der Waals surface area contributed by atoms with Crippen molar-refractivity contribution in [2.45, 2.75) is 11.6 Å². The zero-order chi connectivity index (χ0) is 15.8. The van der Waals surface area contributed by atoms with Crippen LogP contribution in [0.5, 0.6) is 0 Å². The van der Waals surface area contributed by atoms with Gasteiger partial charge in [0.15, 0.2) is 6.04 Å². The molecule has 0 aliphatic carbocycles. The highest BCUT2D eigenvalue weighted by Crippen LogP contribution is 2.26. The van der Waals surface area contributed by atoms with E-state index >= 15 is 0 Å². The molecular formula is C8H6N2O10. The summed E-state index contributed by atoms with van der Waals surface area (Å²) in [5.74, 6) is -10.8. The average Bonchev–Trinajstić information content (AvgIpc) is 2.29. The fraction of sp³-hybridized carbons (Fsp3) is 0.250. The van der Waals surface area contributed by atoms with Gasteiger partial charge >= 0.3 is 35.8 Å². The summed E-state index contributed by atoms with van der Waals surface area (Å²) in [5, 5.41) is 36.8. The van der Waals surface area contributed by atoms with Gasteiger partial charge in [-0.3, -0.25) is 9.59 Å². The van der Waals surface area contributed by atoms with Crippen LogP contribution in [0.15, 0.2) is 0 Å². The normalized spacial score (nSPS) is 21.0. The van der Waals surface area contributed by atoms with Crippen molar-refractivity contribution in [1.82, 2.24) is 10.2 Å². The van der Waals surface area contributed by atoms with Crippen molar-refractivity contribution in [1.29, 1.82) is 0 Å². The van der Waals surface area contributed by atoms with Crippen LogP contribution in [-0.2, 0) is 24.0 Å². The molecule has 5 N–H and O–H groups in total. The molecule has 12 nitrogen and oxygen atoms in total. The molecule has 1 aliphatic rings. The molecule has 1 aliphatic heterocycles. The molecule has 108 valence electrons. The quantitative estimate of drug-likeness (QED) is 0.263. The van der Waals surface area contributed by atoms with E-state index in [1.54, 1.807) is 0 Å². The fourth-order valence-electron chi connectivity index (χ4n) is 1.70. The first-order chi connectivity index (χ1) is 9.08. The molecule has 0 aromatic rings. The lowest BCUT2D eigenvalue weighted by Gasteiger charge is -2.40. The molecule has 0 spiro atoms. The van der Waals surface area contributed by atoms with Crippen LogP contribution in [0.3, 0.4) is 0 Å². The summed E-state index contributed by atoms with van der Waals surface area (Å²) in [6.07, 6.45) is -2.39. The smallest absolute Gasteiger partial charge is 0.416 e. The summed E-state index contributed by atoms with van der Waals surface area (Å²) in [5.41, 5.74) is -3.71. The molecule has 20 heavy (non-hydrogen) atoms. The van der Waals surface area contributed by atoms with Crippen LogP contribution in [0, 0.1) is 0 Å². The molecule has 1 atom stereocenters. The van der Waals surface area contributed by atoms with Gasteiger partial charge in [-0.2, -0.15) is 0 Å². The maximum atomic E-state index is 11.4. The van der Waals surface area contributed by atoms with Gasteiger partial charge in [-0.25, -0.2) is 24.1 Å². The summed E-state index contributed by atoms with van der Waals surface area (Å²) in [7, 11) is 0. The van der Waals surface area contributed by atoms with Crippen molar-refractivity contribution in [2.24, 2.45) is 0 Å². The zero-order valence-corrected chi connectivity index (χ0v) is 9.26. The average molecular weight is 290 g/mol. The first-order valence-electron chi connectivity index (χ1n) is 4.66. The van der Waals surface area contributed by atoms with E-state index in [1.165, 1.54) is 5.32 Å². The van der Waals surface area contributed by atoms with Gasteiger partial charge in [0.2, 0.25) is 0 Å². The number of carbonyl (C=O) groups is 6. The van der Waals surface area contributed by atoms with E-state index in [4.69, 9.17) is 20.4 Å². The lowest BCUT2D eigenvalue weighted by atomic mass is 9.85. The topological polar surface area (TPSA) is 199 Å². The second-order valence-corrected chi connectivity index (χ2v) is 3.54. The Morgan fingerprint density at radius 1 is 1.00 bits per heavy atom. The number of carboxylic acid groups (broad SMARTS) is 4. The second kappa shape index (κ2) is 4.49. The Kier molecular flexibility index (Phi) is 3.34. The maximum absolute atomic E-state index is 11.4. The number of piperazine rings is 1. The highest BCUT2D eigenvalue weighted by Gasteiger charge is 2.69. The van der Waals surface area contributed by atoms with E-state index in [1.807, 2.05) is 0 Å². The van der Waals surface area contributed by atoms with E-state index in [0.717, 1.165) is 0 Å². The van der Waals surface area contributed by atoms with Crippen molar-refractivity contribution in [3.8, 4) is 0 Å². The molecule has 0 aromatic carbocycles. The van der Waals surface area contributed by atoms with E-state index in [0.29, 0.717) is 0 Å². The Morgan fingerprint density at radius 2 is 1.45 bits per heavy atom. The molecule has 0 bridgehead atoms. The molecule has 3 amide bonds. The van der Waals surface area contributed by atoms with E-state index < -0.39 is 52.3 Å². The van der Waals surface area contributed by atoms with Crippen LogP contribution >= 0.6 is 0 Å². The second-order valence-electron chi connectivity index (χ2n) is 3.54. The molecule has 12 heteroatoms. The third-order valence-electron chi connectivity index (χ3n) is 2.53. The van der Waals surface area contributed by atoms with Gasteiger partial charge in [-0.15, -0.1) is 0 Å².